The van der Waals surface area contributed by atoms with Crippen LogP contribution in [0.15, 0.2) is 103 Å². The van der Waals surface area contributed by atoms with E-state index in [4.69, 9.17) is 0 Å². The van der Waals surface area contributed by atoms with E-state index in [0.717, 1.165) is 11.4 Å². The molecule has 2 aromatic rings. The molecule has 242 valence electrons. The van der Waals surface area contributed by atoms with Gasteiger partial charge < -0.3 is 39.9 Å². The molecule has 0 radical (unpaired) electrons. The Bertz CT molecular complexity index is 771. The van der Waals surface area contributed by atoms with E-state index in [2.05, 4.69) is 67.0 Å². The van der Waals surface area contributed by atoms with Crippen molar-refractivity contribution in [2.75, 3.05) is 19.0 Å². The van der Waals surface area contributed by atoms with Crippen LogP contribution in [0.3, 0.4) is 0 Å². The average molecular weight is 931 g/mol. The number of para-hydroxylation sites is 2. The van der Waals surface area contributed by atoms with Gasteiger partial charge in [-0.1, -0.05) is 74.2 Å². The molecule has 0 bridgehead atoms. The quantitative estimate of drug-likeness (QED) is 0.167. The Morgan fingerprint density at radius 2 is 0.886 bits per heavy atom. The van der Waals surface area contributed by atoms with Crippen molar-refractivity contribution in [1.82, 2.24) is 0 Å². The summed E-state index contributed by atoms with van der Waals surface area (Å²) < 4.78 is 0. The van der Waals surface area contributed by atoms with Crippen molar-refractivity contribution in [2.45, 2.75) is 84.5 Å². The molecular weight excluding hydrogens is 865 g/mol. The van der Waals surface area contributed by atoms with Gasteiger partial charge in [0, 0.05) is 5.69 Å². The van der Waals surface area contributed by atoms with E-state index >= 15 is 0 Å². The summed E-state index contributed by atoms with van der Waals surface area (Å²) in [7, 11) is 7.42. The average Bonchev–Trinajstić information content (AvgIpc) is 3.82. The van der Waals surface area contributed by atoms with Gasteiger partial charge >= 0.3 is 51.7 Å². The summed E-state index contributed by atoms with van der Waals surface area (Å²) in [6.45, 7) is 0. The number of nitrogens with zero attached hydrogens (tertiary/aromatic N) is 2. The fourth-order valence-electron chi connectivity index (χ4n) is 3.56. The molecule has 4 aliphatic rings. The molecular formula is C40H65Hf2N2+. The van der Waals surface area contributed by atoms with Gasteiger partial charge in [-0.15, -0.1) is 7.05 Å². The van der Waals surface area contributed by atoms with Crippen LogP contribution in [0.2, 0.25) is 0 Å². The van der Waals surface area contributed by atoms with Crippen LogP contribution in [-0.2, 0) is 51.7 Å². The van der Waals surface area contributed by atoms with E-state index in [1.807, 2.05) is 66.5 Å². The Balaban J connectivity index is -0.0000000734. The smallest absolute Gasteiger partial charge is 0.708 e. The van der Waals surface area contributed by atoms with E-state index < -0.39 is 0 Å². The summed E-state index contributed by atoms with van der Waals surface area (Å²) in [6.07, 6.45) is 34.0. The second-order valence-corrected chi connectivity index (χ2v) is 9.11. The van der Waals surface area contributed by atoms with Crippen LogP contribution in [0.5, 0.6) is 0 Å². The molecule has 0 saturated heterocycles. The van der Waals surface area contributed by atoms with E-state index in [1.165, 1.54) is 77.0 Å². The first-order valence-corrected chi connectivity index (χ1v) is 14.0. The van der Waals surface area contributed by atoms with Crippen molar-refractivity contribution in [1.29, 1.82) is 0 Å². The van der Waals surface area contributed by atoms with Gasteiger partial charge in [0.2, 0.25) is 0 Å². The van der Waals surface area contributed by atoms with Crippen molar-refractivity contribution in [3.63, 3.8) is 0 Å². The molecule has 0 N–H and O–H groups in total. The van der Waals surface area contributed by atoms with Gasteiger partial charge in [0.25, 0.3) is 0 Å². The fraction of sp³-hybridized carbons (Fsp3) is 0.375. The molecule has 0 aliphatic heterocycles. The number of hydrogen-bond acceptors (Lipinski definition) is 1. The molecule has 4 aliphatic carbocycles. The van der Waals surface area contributed by atoms with Crippen LogP contribution in [0.4, 0.5) is 11.4 Å². The predicted octanol–water partition coefficient (Wildman–Crippen LogP) is 13.4. The summed E-state index contributed by atoms with van der Waals surface area (Å²) in [6, 6.07) is 20.6. The molecule has 0 unspecified atom stereocenters. The maximum atomic E-state index is 3.92. The van der Waals surface area contributed by atoms with Crippen molar-refractivity contribution < 1.29 is 51.7 Å². The van der Waals surface area contributed by atoms with Crippen LogP contribution < -0.4 is 4.90 Å². The zero-order valence-electron chi connectivity index (χ0n) is 28.4. The molecule has 0 atom stereocenters. The fourth-order valence-corrected chi connectivity index (χ4v) is 3.56. The van der Waals surface area contributed by atoms with E-state index in [9.17, 15) is 0 Å². The Labute approximate surface area is 315 Å². The standard InChI is InChI=1S/C8H10N.C7H7N.4C5H8.CH4.4CH3.2Hf/c1-9(2)8-6-4-3-5-7-8;1-8-7-5-3-2-4-6-7;4*1-2-4-5-3-1;;;;;;;/h3-7H,1H2,2H3;2-5H,1H3;4*1-2H,3-5H2;1H4;4*1H3;;/q-1;-2;;;;;;4*-1;2*+4. The third kappa shape index (κ3) is 38.8. The minimum Gasteiger partial charge on any atom is -0.708 e. The first-order valence-electron chi connectivity index (χ1n) is 14.0. The monoisotopic (exact) mass is 933 g/mol. The third-order valence-corrected chi connectivity index (χ3v) is 5.76. The number of benzene rings is 2. The molecule has 0 saturated carbocycles. The van der Waals surface area contributed by atoms with Crippen molar-refractivity contribution in [3.05, 3.63) is 151 Å². The number of hydrogen-bond donors (Lipinski definition) is 0. The molecule has 6 rings (SSSR count). The number of anilines is 1. The minimum absolute atomic E-state index is 0. The minimum atomic E-state index is 0. The molecule has 0 spiro atoms. The Morgan fingerprint density at radius 3 is 1.05 bits per heavy atom. The molecule has 0 amide bonds. The second kappa shape index (κ2) is 46.2. The van der Waals surface area contributed by atoms with Crippen molar-refractivity contribution in [3.8, 4) is 0 Å². The van der Waals surface area contributed by atoms with Gasteiger partial charge in [-0.2, -0.15) is 30.3 Å². The molecule has 4 heteroatoms. The maximum Gasteiger partial charge on any atom is 4.00 e. The molecule has 44 heavy (non-hydrogen) atoms. The summed E-state index contributed by atoms with van der Waals surface area (Å²) >= 11 is 0. The number of rotatable bonds is 2. The maximum absolute atomic E-state index is 3.92. The van der Waals surface area contributed by atoms with Gasteiger partial charge in [0.1, 0.15) is 0 Å². The first-order chi connectivity index (χ1) is 18.2. The summed E-state index contributed by atoms with van der Waals surface area (Å²) in [5.74, 6) is 0. The van der Waals surface area contributed by atoms with Crippen molar-refractivity contribution in [2.24, 2.45) is 0 Å². The van der Waals surface area contributed by atoms with E-state index in [0.29, 0.717) is 0 Å². The Morgan fingerprint density at radius 1 is 0.568 bits per heavy atom. The zero-order valence-corrected chi connectivity index (χ0v) is 35.6. The van der Waals surface area contributed by atoms with Crippen LogP contribution in [0, 0.1) is 42.8 Å². The number of allylic oxidation sites excluding steroid dienone is 8. The Kier molecular flexibility index (Phi) is 61.2. The second-order valence-electron chi connectivity index (χ2n) is 9.11. The van der Waals surface area contributed by atoms with E-state index in [-0.39, 0.29) is 88.8 Å². The largest absolute Gasteiger partial charge is 4.00 e. The molecule has 0 aromatic heterocycles. The summed E-state index contributed by atoms with van der Waals surface area (Å²) in [5, 5.41) is 3.92. The van der Waals surface area contributed by atoms with Gasteiger partial charge in [0.15, 0.2) is 0 Å². The van der Waals surface area contributed by atoms with E-state index in [1.54, 1.807) is 7.05 Å². The van der Waals surface area contributed by atoms with Crippen LogP contribution in [0.1, 0.15) is 84.5 Å². The van der Waals surface area contributed by atoms with Gasteiger partial charge in [-0.25, -0.2) is 0 Å². The van der Waals surface area contributed by atoms with Gasteiger partial charge in [-0.3, -0.25) is 12.7 Å². The Hall–Kier alpha value is -1.26. The van der Waals surface area contributed by atoms with Crippen LogP contribution in [-0.4, -0.2) is 14.1 Å². The molecule has 0 heterocycles. The predicted molar refractivity (Wildman–Crippen MR) is 199 cm³/mol. The topological polar surface area (TPSA) is 17.3 Å². The molecule has 2 aromatic carbocycles. The zero-order chi connectivity index (χ0) is 26.7. The van der Waals surface area contributed by atoms with Crippen LogP contribution in [0.25, 0.3) is 5.32 Å². The molecule has 0 fully saturated rings. The SMILES string of the molecule is C.C1=CCCC1.C1=CCCC1.C1=CCCC1.C1=CCCC1.C[N-]c1[c-]cccc1.[CH2-]N(C)c1ccccc1.[CH3-].[CH3-].[CH3-].[CH3-].[Hf+4].[Hf+4]. The third-order valence-electron chi connectivity index (χ3n) is 5.76. The van der Waals surface area contributed by atoms with Crippen LogP contribution >= 0.6 is 0 Å². The first kappa shape index (κ1) is 58.3. The van der Waals surface area contributed by atoms with Crippen molar-refractivity contribution >= 4 is 11.4 Å². The van der Waals surface area contributed by atoms with Gasteiger partial charge in [0.05, 0.1) is 0 Å². The normalized spacial score (nSPS) is 12.9. The summed E-state index contributed by atoms with van der Waals surface area (Å²) in [5.41, 5.74) is 2.05. The van der Waals surface area contributed by atoms with Gasteiger partial charge in [-0.05, 0) is 96.2 Å². The molecule has 2 nitrogen and oxygen atoms in total. The summed E-state index contributed by atoms with van der Waals surface area (Å²) in [4.78, 5) is 1.83.